The number of aryl methyl sites for hydroxylation is 1. The smallest absolute Gasteiger partial charge is 0.435 e. The van der Waals surface area contributed by atoms with Crippen molar-refractivity contribution >= 4 is 41.5 Å². The zero-order valence-electron chi connectivity index (χ0n) is 27.7. The second-order valence-electron chi connectivity index (χ2n) is 11.9. The number of carbonyl (C=O) groups is 4. The zero-order chi connectivity index (χ0) is 36.9. The summed E-state index contributed by atoms with van der Waals surface area (Å²) in [5.41, 5.74) is -0.0719. The van der Waals surface area contributed by atoms with Crippen LogP contribution < -0.4 is 10.6 Å². The number of rotatable bonds is 6. The number of nitrogens with one attached hydrogen (secondary N) is 2. The molecular weight excluding hydrogens is 695 g/mol. The summed E-state index contributed by atoms with van der Waals surface area (Å²) in [5, 5.41) is 16.6. The number of nitrogens with zero attached hydrogens (tertiary/aromatic N) is 7. The van der Waals surface area contributed by atoms with E-state index in [1.165, 1.54) is 48.4 Å². The van der Waals surface area contributed by atoms with Crippen molar-refractivity contribution in [2.24, 2.45) is 13.0 Å². The van der Waals surface area contributed by atoms with Gasteiger partial charge in [0.1, 0.15) is 0 Å². The molecule has 5 heterocycles. The average molecular weight is 730 g/mol. The average Bonchev–Trinajstić information content (AvgIpc) is 3.73. The van der Waals surface area contributed by atoms with Crippen LogP contribution in [-0.4, -0.2) is 103 Å². The minimum atomic E-state index is -4.79. The molecule has 270 valence electrons. The van der Waals surface area contributed by atoms with Gasteiger partial charge in [0.05, 0.1) is 28.0 Å². The lowest BCUT2D eigenvalue weighted by molar-refractivity contribution is -0.141. The molecule has 0 atom stereocenters. The number of hydrogen-bond acceptors (Lipinski definition) is 8. The van der Waals surface area contributed by atoms with Crippen LogP contribution in [0.5, 0.6) is 0 Å². The number of carbonyl (C=O) groups excluding carboxylic acids is 3. The summed E-state index contributed by atoms with van der Waals surface area (Å²) in [4.78, 5) is 59.4. The molecule has 1 aromatic carbocycles. The summed E-state index contributed by atoms with van der Waals surface area (Å²) in [5.74, 6) is -0.802. The van der Waals surface area contributed by atoms with E-state index in [4.69, 9.17) is 21.5 Å². The highest BCUT2D eigenvalue weighted by Gasteiger charge is 2.39. The van der Waals surface area contributed by atoms with E-state index in [1.54, 1.807) is 24.0 Å². The summed E-state index contributed by atoms with van der Waals surface area (Å²) in [7, 11) is 1.42. The second kappa shape index (κ2) is 15.7. The van der Waals surface area contributed by atoms with Gasteiger partial charge in [-0.25, -0.2) is 14.6 Å². The Morgan fingerprint density at radius 2 is 1.69 bits per heavy atom. The van der Waals surface area contributed by atoms with E-state index in [0.29, 0.717) is 26.2 Å². The number of carboxylic acid groups (broad SMARTS) is 1. The Kier molecular flexibility index (Phi) is 11.4. The molecule has 4 aromatic rings. The molecule has 6 rings (SSSR count). The van der Waals surface area contributed by atoms with Gasteiger partial charge in [-0.15, -0.1) is 0 Å². The van der Waals surface area contributed by atoms with Crippen molar-refractivity contribution in [2.45, 2.75) is 25.9 Å². The number of piperidine rings is 1. The van der Waals surface area contributed by atoms with Gasteiger partial charge in [-0.3, -0.25) is 19.2 Å². The lowest BCUT2D eigenvalue weighted by Gasteiger charge is -2.37. The van der Waals surface area contributed by atoms with Crippen molar-refractivity contribution in [1.29, 1.82) is 0 Å². The van der Waals surface area contributed by atoms with Gasteiger partial charge in [0.15, 0.2) is 17.3 Å². The first-order valence-corrected chi connectivity index (χ1v) is 16.3. The fourth-order valence-corrected chi connectivity index (χ4v) is 6.20. The predicted molar refractivity (Wildman–Crippen MR) is 179 cm³/mol. The molecule has 3 amide bonds. The van der Waals surface area contributed by atoms with Crippen LogP contribution in [0, 0.1) is 12.8 Å². The monoisotopic (exact) mass is 729 g/mol. The highest BCUT2D eigenvalue weighted by atomic mass is 35.5. The Balaban J connectivity index is 0.00000162. The maximum atomic E-state index is 14.0. The minimum Gasteiger partial charge on any atom is -0.483 e. The maximum absolute atomic E-state index is 14.0. The predicted octanol–water partition coefficient (Wildman–Crippen LogP) is 3.89. The van der Waals surface area contributed by atoms with Crippen LogP contribution in [0.25, 0.3) is 17.1 Å². The van der Waals surface area contributed by atoms with E-state index in [-0.39, 0.29) is 63.4 Å². The zero-order valence-corrected chi connectivity index (χ0v) is 28.4. The van der Waals surface area contributed by atoms with Crippen LogP contribution in [0.4, 0.5) is 18.9 Å². The quantitative estimate of drug-likeness (QED) is 0.250. The number of halogens is 4. The number of aromatic nitrogens is 5. The fourth-order valence-electron chi connectivity index (χ4n) is 5.94. The van der Waals surface area contributed by atoms with Crippen molar-refractivity contribution in [2.75, 3.05) is 44.6 Å². The molecule has 0 bridgehead atoms. The van der Waals surface area contributed by atoms with Gasteiger partial charge in [-0.05, 0) is 62.7 Å². The van der Waals surface area contributed by atoms with Gasteiger partial charge in [0, 0.05) is 57.2 Å². The number of amides is 3. The molecule has 0 saturated carbocycles. The van der Waals surface area contributed by atoms with Gasteiger partial charge in [-0.2, -0.15) is 18.3 Å². The van der Waals surface area contributed by atoms with Gasteiger partial charge in [0.25, 0.3) is 18.3 Å². The summed E-state index contributed by atoms with van der Waals surface area (Å²) in [6, 6.07) is 7.70. The molecule has 2 aliphatic rings. The molecule has 0 spiro atoms. The van der Waals surface area contributed by atoms with Gasteiger partial charge < -0.3 is 30.1 Å². The topological polar surface area (TPSA) is 168 Å². The first-order chi connectivity index (χ1) is 24.3. The van der Waals surface area contributed by atoms with Crippen LogP contribution in [0.3, 0.4) is 0 Å². The van der Waals surface area contributed by atoms with Gasteiger partial charge >= 0.3 is 6.18 Å². The largest absolute Gasteiger partial charge is 0.483 e. The molecule has 14 nitrogen and oxygen atoms in total. The molecule has 0 aliphatic carbocycles. The van der Waals surface area contributed by atoms with Crippen molar-refractivity contribution in [3.05, 3.63) is 76.6 Å². The first-order valence-electron chi connectivity index (χ1n) is 15.9. The van der Waals surface area contributed by atoms with E-state index in [1.807, 2.05) is 4.90 Å². The normalized spacial score (nSPS) is 15.2. The molecule has 3 N–H and O–H groups in total. The van der Waals surface area contributed by atoms with E-state index in [2.05, 4.69) is 25.7 Å². The molecular formula is C33H35ClF3N9O5. The van der Waals surface area contributed by atoms with Crippen molar-refractivity contribution in [1.82, 2.24) is 39.4 Å². The van der Waals surface area contributed by atoms with Crippen LogP contribution >= 0.6 is 11.6 Å². The van der Waals surface area contributed by atoms with E-state index < -0.39 is 17.8 Å². The summed E-state index contributed by atoms with van der Waals surface area (Å²) < 4.78 is 44.3. The Labute approximate surface area is 295 Å². The molecule has 18 heteroatoms. The molecule has 2 saturated heterocycles. The minimum absolute atomic E-state index is 0.0149. The van der Waals surface area contributed by atoms with Crippen LogP contribution in [0.15, 0.2) is 48.9 Å². The SMILES string of the molecule is Cc1ccc(-n2cc(-c3cnc(C(=O)Nc4ccc(C(=O)N5CCN(C(=O)C6CCNCC6)CC5)c(Cl)c4)n3C)c(C(F)(F)F)n2)nc1.O=CO. The van der Waals surface area contributed by atoms with Crippen LogP contribution in [-0.2, 0) is 22.8 Å². The third kappa shape index (κ3) is 8.37. The number of anilines is 1. The molecule has 0 radical (unpaired) electrons. The number of hydrogen-bond donors (Lipinski definition) is 3. The third-order valence-electron chi connectivity index (χ3n) is 8.60. The highest BCUT2D eigenvalue weighted by Crippen LogP contribution is 2.37. The standard InChI is InChI=1S/C32H33ClF3N9O3.CH2O2/c1-19-3-6-26(38-16-19)45-18-23(27(41-45)32(34,35)36)25-17-39-28(42(25)2)29(46)40-21-4-5-22(24(33)15-21)31(48)44-13-11-43(12-14-44)30(47)20-7-9-37-10-8-20;2-1-3/h3-6,15-18,20,37H,7-14H2,1-2H3,(H,40,46);1H,(H,2,3). The third-order valence-corrected chi connectivity index (χ3v) is 8.92. The molecule has 51 heavy (non-hydrogen) atoms. The first kappa shape index (κ1) is 37.0. The maximum Gasteiger partial charge on any atom is 0.435 e. The number of pyridine rings is 1. The Bertz CT molecular complexity index is 1900. The van der Waals surface area contributed by atoms with Crippen molar-refractivity contribution < 1.29 is 37.5 Å². The fraction of sp³-hybridized carbons (Fsp3) is 0.364. The Morgan fingerprint density at radius 1 is 1.02 bits per heavy atom. The second-order valence-corrected chi connectivity index (χ2v) is 12.4. The van der Waals surface area contributed by atoms with E-state index in [9.17, 15) is 27.6 Å². The Hall–Kier alpha value is -5.29. The lowest BCUT2D eigenvalue weighted by Crippen LogP contribution is -2.52. The van der Waals surface area contributed by atoms with Crippen LogP contribution in [0.1, 0.15) is 45.1 Å². The summed E-state index contributed by atoms with van der Waals surface area (Å²) >= 11 is 6.48. The van der Waals surface area contributed by atoms with E-state index >= 15 is 0 Å². The molecule has 2 fully saturated rings. The van der Waals surface area contributed by atoms with Crippen molar-refractivity contribution in [3.63, 3.8) is 0 Å². The lowest BCUT2D eigenvalue weighted by atomic mass is 9.96. The van der Waals surface area contributed by atoms with Gasteiger partial charge in [-0.1, -0.05) is 17.7 Å². The molecule has 2 aliphatic heterocycles. The Morgan fingerprint density at radius 3 is 2.29 bits per heavy atom. The summed E-state index contributed by atoms with van der Waals surface area (Å²) in [6.07, 6.45) is 0.727. The number of benzene rings is 1. The van der Waals surface area contributed by atoms with Gasteiger partial charge in [0.2, 0.25) is 5.91 Å². The summed E-state index contributed by atoms with van der Waals surface area (Å²) in [6.45, 7) is 4.86. The number of imidazole rings is 1. The van der Waals surface area contributed by atoms with Crippen LogP contribution in [0.2, 0.25) is 5.02 Å². The molecule has 3 aromatic heterocycles. The van der Waals surface area contributed by atoms with Crippen molar-refractivity contribution in [3.8, 4) is 17.1 Å². The number of alkyl halides is 3. The van der Waals surface area contributed by atoms with E-state index in [0.717, 1.165) is 36.2 Å². The number of piperazine rings is 1. The molecule has 0 unspecified atom stereocenters. The highest BCUT2D eigenvalue weighted by molar-refractivity contribution is 6.34.